The van der Waals surface area contributed by atoms with Gasteiger partial charge in [-0.2, -0.15) is 0 Å². The third-order valence-electron chi connectivity index (χ3n) is 24.1. The molecule has 7 N–H and O–H groups in total. The van der Waals surface area contributed by atoms with Crippen molar-refractivity contribution in [1.29, 1.82) is 0 Å². The maximum atomic E-state index is 13.3. The SMILES string of the molecule is CCc1ccc(CNc2nccn3c(C)nnc23)cc1.Cc1ccc(CNc2nccn3c(C)nnc23)cc1C.Cc1ccc(N(Cc2ccccc2)c2nccn3c(N)nnc23)cc1.Cc1cccc(CCNc2nccn3c(C)nnc23)c1.Cc1nnc2c(N(C)c3cccc(F)c3)nccn12.Cc1nnc2c(NCCc3ccccc3)nccn12.Cc1nnc2c(NCc3ccc(C(C)(C)C)cc3)nccn12. The van der Waals surface area contributed by atoms with Crippen molar-refractivity contribution in [1.82, 2.24) is 137 Å². The van der Waals surface area contributed by atoms with Gasteiger partial charge in [0.1, 0.15) is 40.8 Å². The summed E-state index contributed by atoms with van der Waals surface area (Å²) in [5.74, 6) is 10.3. The lowest BCUT2D eigenvalue weighted by Crippen LogP contribution is -2.19. The van der Waals surface area contributed by atoms with E-state index in [2.05, 4.69) is 345 Å². The Morgan fingerprint density at radius 3 is 1.14 bits per heavy atom. The van der Waals surface area contributed by atoms with Crippen molar-refractivity contribution in [2.45, 2.75) is 148 Å². The van der Waals surface area contributed by atoms with E-state index >= 15 is 0 Å². The lowest BCUT2D eigenvalue weighted by Gasteiger charge is -2.24. The number of aromatic nitrogens is 28. The highest BCUT2D eigenvalue weighted by Crippen LogP contribution is 2.32. The van der Waals surface area contributed by atoms with E-state index < -0.39 is 0 Å². The lowest BCUT2D eigenvalue weighted by molar-refractivity contribution is 0.590. The number of fused-ring (bicyclic) bond motifs is 7. The van der Waals surface area contributed by atoms with Gasteiger partial charge in [-0.15, -0.1) is 71.4 Å². The number of benzene rings is 8. The molecule has 0 atom stereocenters. The van der Waals surface area contributed by atoms with Gasteiger partial charge in [-0.3, -0.25) is 30.8 Å². The Hall–Kier alpha value is -18.1. The summed E-state index contributed by atoms with van der Waals surface area (Å²) >= 11 is 0. The van der Waals surface area contributed by atoms with Gasteiger partial charge in [0.05, 0.1) is 0 Å². The van der Waals surface area contributed by atoms with Gasteiger partial charge in [-0.25, -0.2) is 39.3 Å². The predicted molar refractivity (Wildman–Crippen MR) is 567 cm³/mol. The first-order valence-corrected chi connectivity index (χ1v) is 47.7. The van der Waals surface area contributed by atoms with Crippen LogP contribution in [0.3, 0.4) is 0 Å². The van der Waals surface area contributed by atoms with Crippen LogP contribution in [0.4, 0.5) is 62.4 Å². The van der Waals surface area contributed by atoms with E-state index in [-0.39, 0.29) is 11.2 Å². The summed E-state index contributed by atoms with van der Waals surface area (Å²) in [6.07, 6.45) is 28.1. The fraction of sp³-hybridized carbons (Fsp3) is 0.231. The highest BCUT2D eigenvalue weighted by molar-refractivity contribution is 5.75. The van der Waals surface area contributed by atoms with E-state index in [4.69, 9.17) is 5.73 Å². The third-order valence-corrected chi connectivity index (χ3v) is 24.1. The van der Waals surface area contributed by atoms with Crippen molar-refractivity contribution in [3.8, 4) is 0 Å². The zero-order chi connectivity index (χ0) is 101. The third kappa shape index (κ3) is 25.2. The molecular formula is C108H117FN36. The summed E-state index contributed by atoms with van der Waals surface area (Å²) in [6.45, 7) is 33.2. The first-order valence-electron chi connectivity index (χ1n) is 47.7. The first kappa shape index (κ1) is 99.9. The minimum atomic E-state index is -0.283. The summed E-state index contributed by atoms with van der Waals surface area (Å²) in [4.78, 5) is 34.5. The molecule has 0 aliphatic carbocycles. The number of rotatable bonds is 24. The zero-order valence-electron chi connectivity index (χ0n) is 83.9. The van der Waals surface area contributed by atoms with Crippen LogP contribution in [0.5, 0.6) is 0 Å². The molecule has 22 aromatic rings. The minimum absolute atomic E-state index is 0.179. The number of hydrogen-bond donors (Lipinski definition) is 6. The van der Waals surface area contributed by atoms with Gasteiger partial charge in [-0.05, 0) is 180 Å². The summed E-state index contributed by atoms with van der Waals surface area (Å²) in [5.41, 5.74) is 28.2. The van der Waals surface area contributed by atoms with Gasteiger partial charge in [0, 0.05) is 144 Å². The van der Waals surface area contributed by atoms with Crippen molar-refractivity contribution in [3.63, 3.8) is 0 Å². The molecule has 14 heterocycles. The Bertz CT molecular complexity index is 8030. The molecule has 0 aliphatic heterocycles. The van der Waals surface area contributed by atoms with Gasteiger partial charge in [-0.1, -0.05) is 209 Å². The quantitative estimate of drug-likeness (QED) is 0.0327. The summed E-state index contributed by atoms with van der Waals surface area (Å²) in [5, 5.41) is 74.0. The second-order valence-corrected chi connectivity index (χ2v) is 35.6. The van der Waals surface area contributed by atoms with E-state index in [1.165, 1.54) is 78.9 Å². The van der Waals surface area contributed by atoms with Crippen molar-refractivity contribution < 1.29 is 4.39 Å². The second kappa shape index (κ2) is 46.8. The van der Waals surface area contributed by atoms with E-state index in [9.17, 15) is 4.39 Å². The van der Waals surface area contributed by atoms with Gasteiger partial charge >= 0.3 is 0 Å². The predicted octanol–water partition coefficient (Wildman–Crippen LogP) is 18.8. The number of nitrogens with one attached hydrogen (secondary N) is 5. The van der Waals surface area contributed by atoms with Gasteiger partial charge in [0.25, 0.3) is 0 Å². The fourth-order valence-electron chi connectivity index (χ4n) is 15.8. The largest absolute Gasteiger partial charge is 0.368 e. The monoisotopic (exact) mass is 1940 g/mol. The Morgan fingerprint density at radius 2 is 0.690 bits per heavy atom. The summed E-state index contributed by atoms with van der Waals surface area (Å²) in [6, 6.07) is 67.6. The molecule has 0 amide bonds. The van der Waals surface area contributed by atoms with E-state index in [1.807, 2.05) is 136 Å². The van der Waals surface area contributed by atoms with Crippen molar-refractivity contribution >= 4 is 97.6 Å². The number of nitrogens with zero attached hydrogens (tertiary/aromatic N) is 30. The number of nitrogen functional groups attached to an aromatic ring is 1. The molecule has 0 saturated heterocycles. The molecular weight excluding hydrogens is 1820 g/mol. The van der Waals surface area contributed by atoms with E-state index in [1.54, 1.807) is 71.1 Å². The normalized spacial score (nSPS) is 11.0. The molecule has 145 heavy (non-hydrogen) atoms. The van der Waals surface area contributed by atoms with E-state index in [0.29, 0.717) is 41.8 Å². The van der Waals surface area contributed by atoms with Gasteiger partial charge < -0.3 is 42.1 Å². The van der Waals surface area contributed by atoms with Crippen LogP contribution in [0.2, 0.25) is 0 Å². The van der Waals surface area contributed by atoms with Gasteiger partial charge in [0.15, 0.2) is 40.7 Å². The van der Waals surface area contributed by atoms with Crippen molar-refractivity contribution in [2.75, 3.05) is 62.3 Å². The average Bonchev–Trinajstić information content (AvgIpc) is 1.69. The Labute approximate surface area is 838 Å². The number of hydrogen-bond acceptors (Lipinski definition) is 29. The van der Waals surface area contributed by atoms with E-state index in [0.717, 1.165) is 149 Å². The maximum Gasteiger partial charge on any atom is 0.226 e. The molecule has 0 saturated carbocycles. The van der Waals surface area contributed by atoms with Crippen LogP contribution < -0.4 is 42.1 Å². The van der Waals surface area contributed by atoms with Crippen LogP contribution in [0.15, 0.2) is 287 Å². The standard InChI is InChI=1S/C19H18N6.C17H21N5.3C15H17N5.C14H15N5.C13H12FN5/c1-14-7-9-16(10-8-14)25(13-15-5-3-2-4-6-15)17-18-22-23-19(20)24(18)12-11-21-17;1-12-20-21-16-15(18-9-10-22(12)16)19-11-13-5-7-14(8-6-13)17(2,3)4;1-10-4-5-13(8-11(10)2)9-17-14-15-19-18-12(3)20(15)7-6-16-14;1-11-4-3-5-13(10-11)6-7-16-14-15-19-18-12(2)20(15)9-8-17-14;1-3-12-4-6-13(7-5-12)10-17-14-15-19-18-11(2)20(15)9-8-16-14;1-11-17-18-14-13(16-9-10-19(11)14)15-8-7-12-5-3-2-4-6-12;1-9-16-17-13-12(15-6-7-19(9)13)18(2)11-5-3-4-10(14)8-11/h2-12H,13H2,1H3,(H2,20,23);5-10H,11H2,1-4H3,(H,18,19);4-8H,9H2,1-3H3,(H,16,17);3-5,8-10H,6-7H2,1-2H3,(H,16,17);4-9H,3,10H2,1-2H3,(H,16,17);2-6,9-10H,7-8H2,1H3,(H,15,16);3-8H,1-2H3. The van der Waals surface area contributed by atoms with Crippen LogP contribution in [0.1, 0.15) is 129 Å². The first-order chi connectivity index (χ1) is 70.3. The molecule has 14 aromatic heterocycles. The molecule has 8 aromatic carbocycles. The van der Waals surface area contributed by atoms with Crippen LogP contribution in [-0.4, -0.2) is 157 Å². The molecule has 0 bridgehead atoms. The molecule has 36 nitrogen and oxygen atoms in total. The number of halogens is 1. The molecule has 37 heteroatoms. The minimum Gasteiger partial charge on any atom is -0.368 e. The number of anilines is 10. The molecule has 0 spiro atoms. The van der Waals surface area contributed by atoms with Crippen LogP contribution in [0.25, 0.3) is 39.5 Å². The highest BCUT2D eigenvalue weighted by Gasteiger charge is 2.22. The Morgan fingerprint density at radius 1 is 0.310 bits per heavy atom. The van der Waals surface area contributed by atoms with Crippen LogP contribution in [0, 0.1) is 75.1 Å². The molecule has 22 rings (SSSR count). The van der Waals surface area contributed by atoms with Crippen molar-refractivity contribution in [2.24, 2.45) is 0 Å². The number of aryl methyl sites for hydroxylation is 11. The average molecular weight is 1940 g/mol. The smallest absolute Gasteiger partial charge is 0.226 e. The lowest BCUT2D eigenvalue weighted by atomic mass is 9.87. The molecule has 736 valence electrons. The molecule has 0 unspecified atom stereocenters. The summed E-state index contributed by atoms with van der Waals surface area (Å²) in [7, 11) is 1.82. The molecule has 0 fully saturated rings. The fourth-order valence-corrected chi connectivity index (χ4v) is 15.8. The Balaban J connectivity index is 0.000000121. The van der Waals surface area contributed by atoms with Gasteiger partial charge in [0.2, 0.25) is 45.5 Å². The molecule has 0 aliphatic rings. The highest BCUT2D eigenvalue weighted by atomic mass is 19.1. The summed E-state index contributed by atoms with van der Waals surface area (Å²) < 4.78 is 26.5. The molecule has 0 radical (unpaired) electrons. The Kier molecular flexibility index (Phi) is 32.3. The number of nitrogens with two attached hydrogens (primary N) is 1. The second-order valence-electron chi connectivity index (χ2n) is 35.6. The topological polar surface area (TPSA) is 394 Å². The van der Waals surface area contributed by atoms with Crippen molar-refractivity contribution in [3.05, 3.63) is 394 Å². The van der Waals surface area contributed by atoms with Crippen LogP contribution >= 0.6 is 0 Å². The zero-order valence-corrected chi connectivity index (χ0v) is 83.9. The maximum absolute atomic E-state index is 13.3. The van der Waals surface area contributed by atoms with Crippen LogP contribution in [-0.2, 0) is 50.9 Å².